The van der Waals surface area contributed by atoms with Gasteiger partial charge in [-0.05, 0) is 0 Å². The minimum Gasteiger partial charge on any atom is -0.481 e. The molecule has 0 aromatic carbocycles. The zero-order valence-electron chi connectivity index (χ0n) is 10.5. The van der Waals surface area contributed by atoms with Crippen molar-refractivity contribution in [1.29, 1.82) is 0 Å². The molecule has 0 aromatic rings. The molecule has 2 rings (SSSR count). The zero-order chi connectivity index (χ0) is 12.9. The molecule has 2 N–H and O–H groups in total. The molecule has 2 aliphatic rings. The summed E-state index contributed by atoms with van der Waals surface area (Å²) in [4.78, 5) is 18.9. The van der Waals surface area contributed by atoms with E-state index in [0.29, 0.717) is 0 Å². The number of aliphatic carboxylic acids is 2. The normalized spacial score (nSPS) is 17.4. The van der Waals surface area contributed by atoms with Gasteiger partial charge < -0.3 is 10.2 Å². The fourth-order valence-electron chi connectivity index (χ4n) is 1.90. The van der Waals surface area contributed by atoms with Gasteiger partial charge in [0.1, 0.15) is 6.42 Å². The summed E-state index contributed by atoms with van der Waals surface area (Å²) in [5, 5.41) is 15.4. The van der Waals surface area contributed by atoms with E-state index >= 15 is 0 Å². The summed E-state index contributed by atoms with van der Waals surface area (Å²) in [6, 6.07) is 0. The number of hydrogen-bond acceptors (Lipinski definition) is 2. The molecule has 2 fully saturated rings. The summed E-state index contributed by atoms with van der Waals surface area (Å²) >= 11 is 0. The minimum absolute atomic E-state index is 0.806. The van der Waals surface area contributed by atoms with Crippen LogP contribution in [0, 0.1) is 0 Å². The van der Waals surface area contributed by atoms with Crippen LogP contribution in [-0.4, -0.2) is 22.2 Å². The molecule has 4 nitrogen and oxygen atoms in total. The fourth-order valence-corrected chi connectivity index (χ4v) is 1.90. The summed E-state index contributed by atoms with van der Waals surface area (Å²) in [5.74, 6) is -2.62. The van der Waals surface area contributed by atoms with Gasteiger partial charge in [-0.25, -0.2) is 0 Å². The molecule has 0 bridgehead atoms. The van der Waals surface area contributed by atoms with Crippen LogP contribution in [0.2, 0.25) is 0 Å². The Labute approximate surface area is 103 Å². The molecule has 0 radical (unpaired) electrons. The first-order valence-electron chi connectivity index (χ1n) is 6.56. The lowest BCUT2D eigenvalue weighted by Gasteiger charge is -1.80. The summed E-state index contributed by atoms with van der Waals surface area (Å²) in [6.07, 6.45) is 14.2. The predicted octanol–water partition coefficient (Wildman–Crippen LogP) is 3.45. The van der Waals surface area contributed by atoms with Crippen LogP contribution in [0.4, 0.5) is 0 Å². The van der Waals surface area contributed by atoms with Gasteiger partial charge >= 0.3 is 11.9 Å². The summed E-state index contributed by atoms with van der Waals surface area (Å²) in [7, 11) is 0. The Bertz CT molecular complexity index is 168. The van der Waals surface area contributed by atoms with Crippen LogP contribution in [0.5, 0.6) is 0 Å². The Morgan fingerprint density at radius 1 is 0.588 bits per heavy atom. The van der Waals surface area contributed by atoms with Gasteiger partial charge in [0.25, 0.3) is 0 Å². The number of carboxylic acid groups (broad SMARTS) is 2. The Kier molecular flexibility index (Phi) is 10.7. The van der Waals surface area contributed by atoms with Gasteiger partial charge in [-0.15, -0.1) is 0 Å². The maximum Gasteiger partial charge on any atom is 0.314 e. The largest absolute Gasteiger partial charge is 0.481 e. The SMILES string of the molecule is C1CCCC1.C1CCCC1.O=C(O)CC(=O)O. The summed E-state index contributed by atoms with van der Waals surface area (Å²) in [6.45, 7) is 0. The molecule has 0 heterocycles. The van der Waals surface area contributed by atoms with Crippen molar-refractivity contribution in [3.63, 3.8) is 0 Å². The highest BCUT2D eigenvalue weighted by Gasteiger charge is 2.01. The molecule has 0 spiro atoms. The van der Waals surface area contributed by atoms with E-state index in [1.165, 1.54) is 64.2 Å². The lowest BCUT2D eigenvalue weighted by atomic mass is 10.4. The van der Waals surface area contributed by atoms with Crippen LogP contribution in [-0.2, 0) is 9.59 Å². The van der Waals surface area contributed by atoms with Gasteiger partial charge in [0.15, 0.2) is 0 Å². The Morgan fingerprint density at radius 3 is 0.824 bits per heavy atom. The molecular formula is C13H24O4. The first-order valence-corrected chi connectivity index (χ1v) is 6.56. The number of carboxylic acids is 2. The van der Waals surface area contributed by atoms with Crippen molar-refractivity contribution in [3.8, 4) is 0 Å². The average molecular weight is 244 g/mol. The topological polar surface area (TPSA) is 74.6 Å². The predicted molar refractivity (Wildman–Crippen MR) is 66.1 cm³/mol. The van der Waals surface area contributed by atoms with Gasteiger partial charge in [-0.2, -0.15) is 0 Å². The van der Waals surface area contributed by atoms with Crippen molar-refractivity contribution < 1.29 is 19.8 Å². The van der Waals surface area contributed by atoms with Crippen molar-refractivity contribution in [2.45, 2.75) is 70.6 Å². The molecule has 4 heteroatoms. The smallest absolute Gasteiger partial charge is 0.314 e. The first kappa shape index (κ1) is 15.9. The molecule has 0 atom stereocenters. The third-order valence-corrected chi connectivity index (χ3v) is 2.80. The summed E-state index contributed by atoms with van der Waals surface area (Å²) < 4.78 is 0. The molecule has 0 unspecified atom stereocenters. The van der Waals surface area contributed by atoms with E-state index in [1.807, 2.05) is 0 Å². The highest BCUT2D eigenvalue weighted by atomic mass is 16.4. The standard InChI is InChI=1S/2C5H10.C3H4O4/c2*1-2-4-5-3-1;4-2(5)1-3(6)7/h2*1-5H2;1H2,(H,4,5)(H,6,7). The monoisotopic (exact) mass is 244 g/mol. The first-order chi connectivity index (χ1) is 8.13. The van der Waals surface area contributed by atoms with Crippen LogP contribution in [0.15, 0.2) is 0 Å². The van der Waals surface area contributed by atoms with Crippen LogP contribution < -0.4 is 0 Å². The van der Waals surface area contributed by atoms with E-state index in [-0.39, 0.29) is 0 Å². The number of rotatable bonds is 2. The molecule has 2 saturated carbocycles. The Morgan fingerprint density at radius 2 is 0.765 bits per heavy atom. The second kappa shape index (κ2) is 11.4. The molecule has 100 valence electrons. The quantitative estimate of drug-likeness (QED) is 0.729. The molecule has 0 amide bonds. The van der Waals surface area contributed by atoms with E-state index in [1.54, 1.807) is 0 Å². The molecule has 0 aliphatic heterocycles. The van der Waals surface area contributed by atoms with E-state index in [9.17, 15) is 9.59 Å². The molecular weight excluding hydrogens is 220 g/mol. The second-order valence-electron chi connectivity index (χ2n) is 4.50. The third-order valence-electron chi connectivity index (χ3n) is 2.80. The second-order valence-corrected chi connectivity index (χ2v) is 4.50. The zero-order valence-corrected chi connectivity index (χ0v) is 10.5. The molecule has 0 aromatic heterocycles. The fraction of sp³-hybridized carbons (Fsp3) is 0.846. The highest BCUT2D eigenvalue weighted by Crippen LogP contribution is 2.15. The van der Waals surface area contributed by atoms with Gasteiger partial charge in [-0.3, -0.25) is 9.59 Å². The Hall–Kier alpha value is -1.06. The van der Waals surface area contributed by atoms with E-state index in [0.717, 1.165) is 0 Å². The van der Waals surface area contributed by atoms with Crippen molar-refractivity contribution in [2.75, 3.05) is 0 Å². The van der Waals surface area contributed by atoms with Crippen molar-refractivity contribution in [2.24, 2.45) is 0 Å². The van der Waals surface area contributed by atoms with Crippen molar-refractivity contribution in [1.82, 2.24) is 0 Å². The van der Waals surface area contributed by atoms with Gasteiger partial charge in [0.2, 0.25) is 0 Å². The van der Waals surface area contributed by atoms with E-state index in [4.69, 9.17) is 10.2 Å². The van der Waals surface area contributed by atoms with Gasteiger partial charge in [0, 0.05) is 0 Å². The van der Waals surface area contributed by atoms with E-state index in [2.05, 4.69) is 0 Å². The van der Waals surface area contributed by atoms with Gasteiger partial charge in [0.05, 0.1) is 0 Å². The van der Waals surface area contributed by atoms with E-state index < -0.39 is 18.4 Å². The third kappa shape index (κ3) is 14.9. The van der Waals surface area contributed by atoms with Gasteiger partial charge in [-0.1, -0.05) is 64.2 Å². The van der Waals surface area contributed by atoms with Crippen LogP contribution in [0.1, 0.15) is 70.6 Å². The minimum atomic E-state index is -1.31. The highest BCUT2D eigenvalue weighted by molar-refractivity contribution is 5.88. The van der Waals surface area contributed by atoms with Crippen molar-refractivity contribution in [3.05, 3.63) is 0 Å². The average Bonchev–Trinajstić information content (AvgIpc) is 2.96. The Balaban J connectivity index is 0.000000229. The summed E-state index contributed by atoms with van der Waals surface area (Å²) in [5.41, 5.74) is 0. The molecule has 17 heavy (non-hydrogen) atoms. The molecule has 2 aliphatic carbocycles. The lowest BCUT2D eigenvalue weighted by Crippen LogP contribution is -2.03. The maximum absolute atomic E-state index is 9.43. The van der Waals surface area contributed by atoms with Crippen LogP contribution in [0.25, 0.3) is 0 Å². The van der Waals surface area contributed by atoms with Crippen molar-refractivity contribution >= 4 is 11.9 Å². The van der Waals surface area contributed by atoms with Crippen LogP contribution in [0.3, 0.4) is 0 Å². The molecule has 0 saturated heterocycles. The maximum atomic E-state index is 9.43. The number of carbonyl (C=O) groups is 2. The lowest BCUT2D eigenvalue weighted by molar-refractivity contribution is -0.147. The number of hydrogen-bond donors (Lipinski definition) is 2. The van der Waals surface area contributed by atoms with Crippen LogP contribution >= 0.6 is 0 Å².